The summed E-state index contributed by atoms with van der Waals surface area (Å²) in [6.07, 6.45) is 10.4. The molecule has 2 radical (unpaired) electrons. The molecule has 0 N–H and O–H groups in total. The maximum atomic E-state index is 5.32. The molecular formula is C9H8O2. The Kier molecular flexibility index (Phi) is 2.19. The largest absolute Gasteiger partial charge is 0.327 e. The molecule has 1 aliphatic heterocycles. The van der Waals surface area contributed by atoms with Gasteiger partial charge in [-0.1, -0.05) is 0 Å². The first-order valence-electron chi connectivity index (χ1n) is 3.23. The predicted octanol–water partition coefficient (Wildman–Crippen LogP) is 0.466. The van der Waals surface area contributed by atoms with Crippen LogP contribution in [0.15, 0.2) is 0 Å². The van der Waals surface area contributed by atoms with Crippen molar-refractivity contribution in [2.24, 2.45) is 0 Å². The standard InChI is InChI=1S/C9H8O2/c1-4-8-7-10-9(5-2,6-3)11-8/h1-3,8H,4,7H2. The average molecular weight is 148 g/mol. The molecule has 1 unspecified atom stereocenters. The van der Waals surface area contributed by atoms with Crippen molar-refractivity contribution in [3.8, 4) is 24.7 Å². The lowest BCUT2D eigenvalue weighted by atomic mass is 10.3. The minimum Gasteiger partial charge on any atom is -0.327 e. The lowest BCUT2D eigenvalue weighted by Crippen LogP contribution is -2.26. The molecule has 0 aromatic rings. The number of ether oxygens (including phenoxy) is 2. The van der Waals surface area contributed by atoms with Crippen molar-refractivity contribution in [1.29, 1.82) is 0 Å². The lowest BCUT2D eigenvalue weighted by Gasteiger charge is -2.13. The molecule has 0 aliphatic carbocycles. The molecule has 0 aromatic heterocycles. The normalized spacial score (nSPS) is 27.4. The first-order chi connectivity index (χ1) is 5.26. The highest BCUT2D eigenvalue weighted by atomic mass is 16.7. The second-order valence-corrected chi connectivity index (χ2v) is 2.19. The second-order valence-electron chi connectivity index (χ2n) is 2.19. The molecule has 1 rings (SSSR count). The number of hydrogen-bond acceptors (Lipinski definition) is 2. The number of terminal acetylenes is 2. The van der Waals surface area contributed by atoms with Crippen molar-refractivity contribution in [3.63, 3.8) is 0 Å². The van der Waals surface area contributed by atoms with E-state index in [1.807, 2.05) is 0 Å². The van der Waals surface area contributed by atoms with Crippen LogP contribution in [0.4, 0.5) is 0 Å². The summed E-state index contributed by atoms with van der Waals surface area (Å²) in [4.78, 5) is 0. The summed E-state index contributed by atoms with van der Waals surface area (Å²) in [5.74, 6) is 3.24. The van der Waals surface area contributed by atoms with Crippen LogP contribution < -0.4 is 0 Å². The molecule has 1 aliphatic rings. The minimum atomic E-state index is -1.27. The smallest absolute Gasteiger partial charge is 0.300 e. The number of rotatable bonds is 1. The first kappa shape index (κ1) is 8.14. The fraction of sp³-hybridized carbons (Fsp3) is 0.444. The van der Waals surface area contributed by atoms with E-state index >= 15 is 0 Å². The highest BCUT2D eigenvalue weighted by molar-refractivity contribution is 5.21. The highest BCUT2D eigenvalue weighted by Gasteiger charge is 2.37. The van der Waals surface area contributed by atoms with Gasteiger partial charge in [-0.3, -0.25) is 0 Å². The van der Waals surface area contributed by atoms with Crippen molar-refractivity contribution in [2.45, 2.75) is 18.3 Å². The average Bonchev–Trinajstić information content (AvgIpc) is 2.49. The molecule has 1 heterocycles. The third kappa shape index (κ3) is 1.38. The van der Waals surface area contributed by atoms with Crippen molar-refractivity contribution in [3.05, 3.63) is 6.92 Å². The summed E-state index contributed by atoms with van der Waals surface area (Å²) in [5.41, 5.74) is 0. The van der Waals surface area contributed by atoms with Gasteiger partial charge in [0.2, 0.25) is 0 Å². The zero-order valence-electron chi connectivity index (χ0n) is 6.04. The Morgan fingerprint density at radius 1 is 1.45 bits per heavy atom. The van der Waals surface area contributed by atoms with Gasteiger partial charge in [-0.25, -0.2) is 0 Å². The fourth-order valence-corrected chi connectivity index (χ4v) is 0.822. The molecule has 1 saturated heterocycles. The fourth-order valence-electron chi connectivity index (χ4n) is 0.822. The van der Waals surface area contributed by atoms with Crippen LogP contribution in [0.3, 0.4) is 0 Å². The predicted molar refractivity (Wildman–Crippen MR) is 40.1 cm³/mol. The van der Waals surface area contributed by atoms with Gasteiger partial charge < -0.3 is 9.47 Å². The summed E-state index contributed by atoms with van der Waals surface area (Å²) >= 11 is 0. The van der Waals surface area contributed by atoms with E-state index in [0.717, 1.165) is 0 Å². The van der Waals surface area contributed by atoms with Crippen molar-refractivity contribution in [1.82, 2.24) is 0 Å². The molecule has 2 heteroatoms. The van der Waals surface area contributed by atoms with Crippen LogP contribution in [0, 0.1) is 31.6 Å². The van der Waals surface area contributed by atoms with Crippen LogP contribution >= 0.6 is 0 Å². The van der Waals surface area contributed by atoms with Gasteiger partial charge in [0.1, 0.15) is 0 Å². The zero-order chi connectivity index (χ0) is 8.32. The van der Waals surface area contributed by atoms with E-state index in [1.165, 1.54) is 0 Å². The Morgan fingerprint density at radius 3 is 2.36 bits per heavy atom. The van der Waals surface area contributed by atoms with Crippen LogP contribution in [-0.4, -0.2) is 18.5 Å². The summed E-state index contributed by atoms with van der Waals surface area (Å²) in [7, 11) is 0. The summed E-state index contributed by atoms with van der Waals surface area (Å²) in [6, 6.07) is 0. The summed E-state index contributed by atoms with van der Waals surface area (Å²) in [5, 5.41) is 0. The van der Waals surface area contributed by atoms with Gasteiger partial charge in [-0.15, -0.1) is 12.8 Å². The summed E-state index contributed by atoms with van der Waals surface area (Å²) < 4.78 is 10.2. The lowest BCUT2D eigenvalue weighted by molar-refractivity contribution is -0.0719. The quantitative estimate of drug-likeness (QED) is 0.503. The van der Waals surface area contributed by atoms with Crippen LogP contribution in [-0.2, 0) is 9.47 Å². The Hall–Kier alpha value is -0.960. The van der Waals surface area contributed by atoms with Gasteiger partial charge in [-0.2, -0.15) is 0 Å². The van der Waals surface area contributed by atoms with E-state index in [-0.39, 0.29) is 6.10 Å². The van der Waals surface area contributed by atoms with Crippen LogP contribution in [0.2, 0.25) is 0 Å². The maximum absolute atomic E-state index is 5.32. The molecule has 1 fully saturated rings. The minimum absolute atomic E-state index is 0.179. The molecule has 56 valence electrons. The van der Waals surface area contributed by atoms with Crippen LogP contribution in [0.5, 0.6) is 0 Å². The van der Waals surface area contributed by atoms with Gasteiger partial charge in [0, 0.05) is 0 Å². The monoisotopic (exact) mass is 148 g/mol. The van der Waals surface area contributed by atoms with Gasteiger partial charge in [-0.05, 0) is 25.2 Å². The molecule has 2 nitrogen and oxygen atoms in total. The van der Waals surface area contributed by atoms with Crippen LogP contribution in [0.25, 0.3) is 0 Å². The molecule has 0 bridgehead atoms. The van der Waals surface area contributed by atoms with E-state index in [0.29, 0.717) is 13.0 Å². The molecule has 0 saturated carbocycles. The Balaban J connectivity index is 2.66. The first-order valence-corrected chi connectivity index (χ1v) is 3.23. The van der Waals surface area contributed by atoms with Crippen molar-refractivity contribution < 1.29 is 9.47 Å². The van der Waals surface area contributed by atoms with E-state index in [2.05, 4.69) is 11.8 Å². The molecule has 0 spiro atoms. The van der Waals surface area contributed by atoms with E-state index in [4.69, 9.17) is 29.2 Å². The van der Waals surface area contributed by atoms with Gasteiger partial charge in [0.15, 0.2) is 0 Å². The van der Waals surface area contributed by atoms with Crippen molar-refractivity contribution >= 4 is 0 Å². The Labute approximate surface area is 66.9 Å². The Bertz CT molecular complexity index is 205. The van der Waals surface area contributed by atoms with Crippen molar-refractivity contribution in [2.75, 3.05) is 6.61 Å². The Morgan fingerprint density at radius 2 is 2.09 bits per heavy atom. The highest BCUT2D eigenvalue weighted by Crippen LogP contribution is 2.23. The summed E-state index contributed by atoms with van der Waals surface area (Å²) in [6.45, 7) is 5.69. The van der Waals surface area contributed by atoms with E-state index in [9.17, 15) is 0 Å². The van der Waals surface area contributed by atoms with Gasteiger partial charge in [0.25, 0.3) is 0 Å². The van der Waals surface area contributed by atoms with Crippen LogP contribution in [0.1, 0.15) is 6.42 Å². The van der Waals surface area contributed by atoms with E-state index < -0.39 is 5.79 Å². The van der Waals surface area contributed by atoms with Gasteiger partial charge >= 0.3 is 5.79 Å². The second kappa shape index (κ2) is 2.96. The number of hydrogen-bond donors (Lipinski definition) is 0. The third-order valence-electron chi connectivity index (χ3n) is 1.45. The topological polar surface area (TPSA) is 18.5 Å². The molecule has 11 heavy (non-hydrogen) atoms. The molecular weight excluding hydrogens is 140 g/mol. The van der Waals surface area contributed by atoms with Gasteiger partial charge in [0.05, 0.1) is 12.7 Å². The third-order valence-corrected chi connectivity index (χ3v) is 1.45. The SMILES string of the molecule is [CH]CC1COC(C#C)(C#C)O1. The molecule has 0 amide bonds. The van der Waals surface area contributed by atoms with E-state index in [1.54, 1.807) is 0 Å². The maximum Gasteiger partial charge on any atom is 0.300 e. The molecule has 1 atom stereocenters. The zero-order valence-corrected chi connectivity index (χ0v) is 6.04. The molecule has 0 aromatic carbocycles.